The maximum Gasteiger partial charge on any atom is 0.338 e. The number of anilines is 1. The molecule has 0 spiro atoms. The Kier molecular flexibility index (Phi) is 4.87. The van der Waals surface area contributed by atoms with Gasteiger partial charge in [0, 0.05) is 12.7 Å². The SMILES string of the molecule is CC(CCNc1nccc(C(=O)O)c1F)c1ccccc1. The van der Waals surface area contributed by atoms with Gasteiger partial charge in [-0.15, -0.1) is 0 Å². The van der Waals surface area contributed by atoms with E-state index in [1.54, 1.807) is 0 Å². The van der Waals surface area contributed by atoms with Crippen molar-refractivity contribution in [3.05, 3.63) is 59.5 Å². The van der Waals surface area contributed by atoms with E-state index in [1.165, 1.54) is 11.8 Å². The summed E-state index contributed by atoms with van der Waals surface area (Å²) in [5.74, 6) is -1.81. The third kappa shape index (κ3) is 3.78. The van der Waals surface area contributed by atoms with Gasteiger partial charge in [-0.1, -0.05) is 37.3 Å². The quantitative estimate of drug-likeness (QED) is 0.853. The molecule has 1 atom stereocenters. The van der Waals surface area contributed by atoms with Crippen molar-refractivity contribution in [1.82, 2.24) is 4.98 Å². The van der Waals surface area contributed by atoms with Crippen LogP contribution >= 0.6 is 0 Å². The Labute approximate surface area is 122 Å². The molecule has 0 aliphatic carbocycles. The monoisotopic (exact) mass is 288 g/mol. The molecule has 2 rings (SSSR count). The van der Waals surface area contributed by atoms with Crippen molar-refractivity contribution < 1.29 is 14.3 Å². The van der Waals surface area contributed by atoms with E-state index in [2.05, 4.69) is 29.4 Å². The second-order valence-electron chi connectivity index (χ2n) is 4.85. The number of nitrogens with one attached hydrogen (secondary N) is 1. The van der Waals surface area contributed by atoms with E-state index in [1.807, 2.05) is 18.2 Å². The summed E-state index contributed by atoms with van der Waals surface area (Å²) in [5, 5.41) is 11.7. The zero-order chi connectivity index (χ0) is 15.2. The molecule has 1 aromatic carbocycles. The van der Waals surface area contributed by atoms with Gasteiger partial charge in [0.25, 0.3) is 0 Å². The number of aromatic carboxylic acids is 1. The van der Waals surface area contributed by atoms with Crippen molar-refractivity contribution in [2.45, 2.75) is 19.3 Å². The zero-order valence-corrected chi connectivity index (χ0v) is 11.7. The van der Waals surface area contributed by atoms with Gasteiger partial charge in [-0.05, 0) is 24.0 Å². The van der Waals surface area contributed by atoms with Gasteiger partial charge in [0.15, 0.2) is 11.6 Å². The van der Waals surface area contributed by atoms with E-state index in [0.29, 0.717) is 12.5 Å². The Bertz CT molecular complexity index is 617. The largest absolute Gasteiger partial charge is 0.478 e. The lowest BCUT2D eigenvalue weighted by atomic mass is 9.98. The molecule has 0 saturated carbocycles. The standard InChI is InChI=1S/C16H17FN2O2/c1-11(12-5-3-2-4-6-12)7-9-18-15-14(17)13(16(20)21)8-10-19-15/h2-6,8,10-11H,7,9H2,1H3,(H,18,19)(H,20,21). The first-order chi connectivity index (χ1) is 10.1. The van der Waals surface area contributed by atoms with Crippen molar-refractivity contribution in [2.75, 3.05) is 11.9 Å². The fourth-order valence-electron chi connectivity index (χ4n) is 2.09. The topological polar surface area (TPSA) is 62.2 Å². The number of nitrogens with zero attached hydrogens (tertiary/aromatic N) is 1. The van der Waals surface area contributed by atoms with Crippen LogP contribution in [0.4, 0.5) is 10.2 Å². The lowest BCUT2D eigenvalue weighted by molar-refractivity contribution is 0.0692. The summed E-state index contributed by atoms with van der Waals surface area (Å²) in [6.45, 7) is 2.61. The first-order valence-electron chi connectivity index (χ1n) is 6.76. The third-order valence-corrected chi connectivity index (χ3v) is 3.36. The number of pyridine rings is 1. The van der Waals surface area contributed by atoms with Gasteiger partial charge in [0.05, 0.1) is 0 Å². The third-order valence-electron chi connectivity index (χ3n) is 3.36. The molecule has 0 radical (unpaired) electrons. The Balaban J connectivity index is 1.95. The van der Waals surface area contributed by atoms with Crippen LogP contribution in [0.5, 0.6) is 0 Å². The molecule has 21 heavy (non-hydrogen) atoms. The van der Waals surface area contributed by atoms with Crippen LogP contribution in [0.1, 0.15) is 35.2 Å². The Morgan fingerprint density at radius 1 is 1.33 bits per heavy atom. The van der Waals surface area contributed by atoms with E-state index in [9.17, 15) is 9.18 Å². The zero-order valence-electron chi connectivity index (χ0n) is 11.7. The Hall–Kier alpha value is -2.43. The van der Waals surface area contributed by atoms with E-state index in [-0.39, 0.29) is 11.4 Å². The number of hydrogen-bond donors (Lipinski definition) is 2. The van der Waals surface area contributed by atoms with Crippen LogP contribution in [0.3, 0.4) is 0 Å². The highest BCUT2D eigenvalue weighted by Crippen LogP contribution is 2.19. The van der Waals surface area contributed by atoms with Crippen LogP contribution in [-0.2, 0) is 0 Å². The first kappa shape index (κ1) is 15.0. The van der Waals surface area contributed by atoms with Crippen molar-refractivity contribution in [1.29, 1.82) is 0 Å². The number of carboxylic acid groups (broad SMARTS) is 1. The van der Waals surface area contributed by atoms with Crippen LogP contribution in [0.15, 0.2) is 42.6 Å². The summed E-state index contributed by atoms with van der Waals surface area (Å²) in [7, 11) is 0. The predicted molar refractivity (Wildman–Crippen MR) is 79.1 cm³/mol. The van der Waals surface area contributed by atoms with Gasteiger partial charge >= 0.3 is 5.97 Å². The van der Waals surface area contributed by atoms with Crippen molar-refractivity contribution >= 4 is 11.8 Å². The van der Waals surface area contributed by atoms with Crippen LogP contribution < -0.4 is 5.32 Å². The molecule has 0 bridgehead atoms. The van der Waals surface area contributed by atoms with Crippen molar-refractivity contribution in [2.24, 2.45) is 0 Å². The number of benzene rings is 1. The molecule has 2 aromatic rings. The van der Waals surface area contributed by atoms with Crippen LogP contribution in [0.2, 0.25) is 0 Å². The minimum Gasteiger partial charge on any atom is -0.478 e. The summed E-state index contributed by atoms with van der Waals surface area (Å²) in [5.41, 5.74) is 0.843. The smallest absolute Gasteiger partial charge is 0.338 e. The fraction of sp³-hybridized carbons (Fsp3) is 0.250. The summed E-state index contributed by atoms with van der Waals surface area (Å²) in [4.78, 5) is 14.7. The molecule has 0 saturated heterocycles. The van der Waals surface area contributed by atoms with Gasteiger partial charge in [-0.2, -0.15) is 0 Å². The summed E-state index contributed by atoms with van der Waals surface area (Å²) in [6.07, 6.45) is 2.08. The fourth-order valence-corrected chi connectivity index (χ4v) is 2.09. The minimum absolute atomic E-state index is 0.0184. The normalized spacial score (nSPS) is 11.9. The number of rotatable bonds is 6. The van der Waals surface area contributed by atoms with Gasteiger partial charge in [0.2, 0.25) is 0 Å². The lowest BCUT2D eigenvalue weighted by Crippen LogP contribution is -2.11. The van der Waals surface area contributed by atoms with Gasteiger partial charge < -0.3 is 10.4 Å². The van der Waals surface area contributed by atoms with E-state index in [0.717, 1.165) is 12.5 Å². The molecular formula is C16H17FN2O2. The summed E-state index contributed by atoms with van der Waals surface area (Å²) >= 11 is 0. The number of carbonyl (C=O) groups is 1. The minimum atomic E-state index is -1.30. The van der Waals surface area contributed by atoms with Crippen molar-refractivity contribution in [3.8, 4) is 0 Å². The second kappa shape index (κ2) is 6.83. The lowest BCUT2D eigenvalue weighted by Gasteiger charge is -2.13. The van der Waals surface area contributed by atoms with Crippen molar-refractivity contribution in [3.63, 3.8) is 0 Å². The highest BCUT2D eigenvalue weighted by molar-refractivity contribution is 5.88. The second-order valence-corrected chi connectivity index (χ2v) is 4.85. The first-order valence-corrected chi connectivity index (χ1v) is 6.76. The van der Waals surface area contributed by atoms with Gasteiger partial charge in [-0.3, -0.25) is 0 Å². The predicted octanol–water partition coefficient (Wildman–Crippen LogP) is 3.52. The highest BCUT2D eigenvalue weighted by Gasteiger charge is 2.15. The average Bonchev–Trinajstić information content (AvgIpc) is 2.49. The number of carboxylic acids is 1. The molecule has 0 fully saturated rings. The summed E-state index contributed by atoms with van der Waals surface area (Å²) in [6, 6.07) is 11.2. The maximum absolute atomic E-state index is 13.9. The van der Waals surface area contributed by atoms with E-state index < -0.39 is 11.8 Å². The number of halogens is 1. The number of aromatic nitrogens is 1. The van der Waals surface area contributed by atoms with E-state index >= 15 is 0 Å². The molecule has 0 amide bonds. The van der Waals surface area contributed by atoms with Gasteiger partial charge in [0.1, 0.15) is 5.56 Å². The molecule has 0 aliphatic rings. The molecular weight excluding hydrogens is 271 g/mol. The maximum atomic E-state index is 13.9. The molecule has 4 nitrogen and oxygen atoms in total. The van der Waals surface area contributed by atoms with Crippen LogP contribution in [-0.4, -0.2) is 22.6 Å². The van der Waals surface area contributed by atoms with Gasteiger partial charge in [-0.25, -0.2) is 14.2 Å². The molecule has 1 unspecified atom stereocenters. The molecule has 5 heteroatoms. The Morgan fingerprint density at radius 2 is 2.05 bits per heavy atom. The molecule has 1 heterocycles. The molecule has 2 N–H and O–H groups in total. The van der Waals surface area contributed by atoms with Crippen LogP contribution in [0.25, 0.3) is 0 Å². The average molecular weight is 288 g/mol. The molecule has 1 aromatic heterocycles. The number of hydrogen-bond acceptors (Lipinski definition) is 3. The molecule has 0 aliphatic heterocycles. The van der Waals surface area contributed by atoms with E-state index in [4.69, 9.17) is 5.11 Å². The molecule has 110 valence electrons. The summed E-state index contributed by atoms with van der Waals surface area (Å²) < 4.78 is 13.9. The Morgan fingerprint density at radius 3 is 2.71 bits per heavy atom. The highest BCUT2D eigenvalue weighted by atomic mass is 19.1. The van der Waals surface area contributed by atoms with Crippen LogP contribution in [0, 0.1) is 5.82 Å².